The standard InChI is InChI=1S/C16H20N2O4/c1-9(2)8-22-15(20)13-10(3)17-16(21)18-14(13)11-4-6-12(19)7-5-11/h4-7,9,14,19H,8H2,1-3H3,(H2,17,18,21)/t14-/m1/s1. The maximum atomic E-state index is 12.3. The highest BCUT2D eigenvalue weighted by molar-refractivity contribution is 5.95. The number of urea groups is 1. The van der Waals surface area contributed by atoms with Crippen molar-refractivity contribution in [2.24, 2.45) is 5.92 Å². The monoisotopic (exact) mass is 304 g/mol. The summed E-state index contributed by atoms with van der Waals surface area (Å²) in [5, 5.41) is 14.7. The van der Waals surface area contributed by atoms with E-state index < -0.39 is 12.0 Å². The number of carbonyl (C=O) groups is 2. The van der Waals surface area contributed by atoms with Crippen LogP contribution >= 0.6 is 0 Å². The van der Waals surface area contributed by atoms with E-state index in [9.17, 15) is 14.7 Å². The molecular formula is C16H20N2O4. The summed E-state index contributed by atoms with van der Waals surface area (Å²) < 4.78 is 5.29. The molecule has 0 bridgehead atoms. The number of rotatable bonds is 4. The van der Waals surface area contributed by atoms with Gasteiger partial charge in [-0.3, -0.25) is 0 Å². The van der Waals surface area contributed by atoms with E-state index in [2.05, 4.69) is 10.6 Å². The van der Waals surface area contributed by atoms with E-state index in [0.29, 0.717) is 23.4 Å². The van der Waals surface area contributed by atoms with Gasteiger partial charge in [-0.15, -0.1) is 0 Å². The zero-order valence-corrected chi connectivity index (χ0v) is 12.8. The average Bonchev–Trinajstić information content (AvgIpc) is 2.44. The van der Waals surface area contributed by atoms with Crippen LogP contribution in [0.2, 0.25) is 0 Å². The Morgan fingerprint density at radius 3 is 2.55 bits per heavy atom. The minimum Gasteiger partial charge on any atom is -0.508 e. The number of hydrogen-bond donors (Lipinski definition) is 3. The molecule has 1 aromatic rings. The Bertz CT molecular complexity index is 605. The smallest absolute Gasteiger partial charge is 0.338 e. The first-order valence-electron chi connectivity index (χ1n) is 7.12. The summed E-state index contributed by atoms with van der Waals surface area (Å²) in [6.07, 6.45) is 0. The molecule has 2 rings (SSSR count). The van der Waals surface area contributed by atoms with Crippen LogP contribution in [-0.2, 0) is 9.53 Å². The Labute approximate surface area is 129 Å². The summed E-state index contributed by atoms with van der Waals surface area (Å²) in [4.78, 5) is 24.1. The number of phenolic OH excluding ortho intramolecular Hbond substituents is 1. The van der Waals surface area contributed by atoms with Gasteiger partial charge in [0.15, 0.2) is 0 Å². The number of allylic oxidation sites excluding steroid dienone is 1. The van der Waals surface area contributed by atoms with Crippen molar-refractivity contribution in [2.75, 3.05) is 6.61 Å². The Morgan fingerprint density at radius 1 is 1.32 bits per heavy atom. The molecule has 1 atom stereocenters. The van der Waals surface area contributed by atoms with Gasteiger partial charge in [0.2, 0.25) is 0 Å². The second kappa shape index (κ2) is 6.51. The molecule has 0 spiro atoms. The average molecular weight is 304 g/mol. The van der Waals surface area contributed by atoms with Crippen molar-refractivity contribution in [1.82, 2.24) is 10.6 Å². The van der Waals surface area contributed by atoms with E-state index in [-0.39, 0.29) is 17.7 Å². The van der Waals surface area contributed by atoms with Gasteiger partial charge in [0.1, 0.15) is 5.75 Å². The van der Waals surface area contributed by atoms with Crippen LogP contribution < -0.4 is 10.6 Å². The SMILES string of the molecule is CC1=C(C(=O)OCC(C)C)[C@@H](c2ccc(O)cc2)NC(=O)N1. The van der Waals surface area contributed by atoms with Gasteiger partial charge in [-0.25, -0.2) is 9.59 Å². The second-order valence-corrected chi connectivity index (χ2v) is 5.65. The van der Waals surface area contributed by atoms with E-state index >= 15 is 0 Å². The van der Waals surface area contributed by atoms with Crippen molar-refractivity contribution in [3.05, 3.63) is 41.1 Å². The second-order valence-electron chi connectivity index (χ2n) is 5.65. The number of phenols is 1. The third-order valence-electron chi connectivity index (χ3n) is 3.26. The molecule has 0 saturated carbocycles. The van der Waals surface area contributed by atoms with Gasteiger partial charge in [0.05, 0.1) is 18.2 Å². The molecule has 22 heavy (non-hydrogen) atoms. The van der Waals surface area contributed by atoms with Gasteiger partial charge >= 0.3 is 12.0 Å². The normalized spacial score (nSPS) is 18.0. The lowest BCUT2D eigenvalue weighted by Crippen LogP contribution is -2.45. The summed E-state index contributed by atoms with van der Waals surface area (Å²) in [7, 11) is 0. The lowest BCUT2D eigenvalue weighted by atomic mass is 9.95. The topological polar surface area (TPSA) is 87.7 Å². The molecule has 118 valence electrons. The number of esters is 1. The fourth-order valence-electron chi connectivity index (χ4n) is 2.20. The van der Waals surface area contributed by atoms with Crippen LogP contribution in [0, 0.1) is 5.92 Å². The lowest BCUT2D eigenvalue weighted by molar-refractivity contribution is -0.140. The van der Waals surface area contributed by atoms with E-state index in [1.807, 2.05) is 13.8 Å². The van der Waals surface area contributed by atoms with Crippen LogP contribution in [0.4, 0.5) is 4.79 Å². The van der Waals surface area contributed by atoms with E-state index in [1.165, 1.54) is 12.1 Å². The Balaban J connectivity index is 2.32. The van der Waals surface area contributed by atoms with Crippen molar-refractivity contribution in [3.8, 4) is 5.75 Å². The zero-order chi connectivity index (χ0) is 16.3. The predicted molar refractivity (Wildman–Crippen MR) is 81.0 cm³/mol. The first-order valence-corrected chi connectivity index (χ1v) is 7.12. The number of nitrogens with one attached hydrogen (secondary N) is 2. The number of amides is 2. The van der Waals surface area contributed by atoms with Gasteiger partial charge in [-0.05, 0) is 30.5 Å². The summed E-state index contributed by atoms with van der Waals surface area (Å²) in [6, 6.07) is 5.36. The van der Waals surface area contributed by atoms with Gasteiger partial charge in [0.25, 0.3) is 0 Å². The van der Waals surface area contributed by atoms with E-state index in [1.54, 1.807) is 19.1 Å². The number of benzene rings is 1. The number of aromatic hydroxyl groups is 1. The summed E-state index contributed by atoms with van der Waals surface area (Å²) in [5.74, 6) is -0.117. The molecule has 0 saturated heterocycles. The molecule has 1 aromatic carbocycles. The highest BCUT2D eigenvalue weighted by Gasteiger charge is 2.32. The molecule has 1 aliphatic rings. The van der Waals surface area contributed by atoms with Crippen molar-refractivity contribution in [1.29, 1.82) is 0 Å². The van der Waals surface area contributed by atoms with E-state index in [4.69, 9.17) is 4.74 Å². The van der Waals surface area contributed by atoms with E-state index in [0.717, 1.165) is 0 Å². The van der Waals surface area contributed by atoms with Crippen LogP contribution in [0.25, 0.3) is 0 Å². The molecule has 3 N–H and O–H groups in total. The maximum absolute atomic E-state index is 12.3. The number of carbonyl (C=O) groups excluding carboxylic acids is 2. The predicted octanol–water partition coefficient (Wildman–Crippen LogP) is 2.22. The zero-order valence-electron chi connectivity index (χ0n) is 12.8. The van der Waals surface area contributed by atoms with Crippen molar-refractivity contribution in [3.63, 3.8) is 0 Å². The fourth-order valence-corrected chi connectivity index (χ4v) is 2.20. The molecule has 0 aromatic heterocycles. The highest BCUT2D eigenvalue weighted by Crippen LogP contribution is 2.28. The Hall–Kier alpha value is -2.50. The van der Waals surface area contributed by atoms with Crippen LogP contribution in [0.3, 0.4) is 0 Å². The summed E-state index contributed by atoms with van der Waals surface area (Å²) >= 11 is 0. The largest absolute Gasteiger partial charge is 0.508 e. The molecule has 1 heterocycles. The third kappa shape index (κ3) is 3.58. The van der Waals surface area contributed by atoms with Gasteiger partial charge in [-0.2, -0.15) is 0 Å². The molecule has 0 fully saturated rings. The lowest BCUT2D eigenvalue weighted by Gasteiger charge is -2.28. The van der Waals surface area contributed by atoms with Crippen LogP contribution in [0.5, 0.6) is 5.75 Å². The first kappa shape index (κ1) is 15.9. The molecule has 0 aliphatic carbocycles. The van der Waals surface area contributed by atoms with Gasteiger partial charge in [-0.1, -0.05) is 26.0 Å². The van der Waals surface area contributed by atoms with Crippen molar-refractivity contribution < 1.29 is 19.4 Å². The minimum absolute atomic E-state index is 0.119. The third-order valence-corrected chi connectivity index (χ3v) is 3.26. The minimum atomic E-state index is -0.603. The fraction of sp³-hybridized carbons (Fsp3) is 0.375. The molecular weight excluding hydrogens is 284 g/mol. The first-order chi connectivity index (χ1) is 10.4. The van der Waals surface area contributed by atoms with Crippen LogP contribution in [-0.4, -0.2) is 23.7 Å². The van der Waals surface area contributed by atoms with Crippen LogP contribution in [0.15, 0.2) is 35.5 Å². The van der Waals surface area contributed by atoms with Crippen molar-refractivity contribution >= 4 is 12.0 Å². The molecule has 0 unspecified atom stereocenters. The van der Waals surface area contributed by atoms with Crippen LogP contribution in [0.1, 0.15) is 32.4 Å². The molecule has 6 heteroatoms. The molecule has 6 nitrogen and oxygen atoms in total. The summed E-state index contributed by atoms with van der Waals surface area (Å²) in [6.45, 7) is 5.88. The number of hydrogen-bond acceptors (Lipinski definition) is 4. The maximum Gasteiger partial charge on any atom is 0.338 e. The summed E-state index contributed by atoms with van der Waals surface area (Å²) in [5.41, 5.74) is 1.53. The Kier molecular flexibility index (Phi) is 4.70. The molecule has 0 radical (unpaired) electrons. The number of ether oxygens (including phenoxy) is 1. The van der Waals surface area contributed by atoms with Crippen molar-refractivity contribution in [2.45, 2.75) is 26.8 Å². The molecule has 1 aliphatic heterocycles. The quantitative estimate of drug-likeness (QED) is 0.744. The van der Waals surface area contributed by atoms with Gasteiger partial charge in [0, 0.05) is 5.70 Å². The molecule has 2 amide bonds. The highest BCUT2D eigenvalue weighted by atomic mass is 16.5. The Morgan fingerprint density at radius 2 is 1.95 bits per heavy atom. The van der Waals surface area contributed by atoms with Gasteiger partial charge < -0.3 is 20.5 Å².